The van der Waals surface area contributed by atoms with Crippen LogP contribution in [0.15, 0.2) is 0 Å². The van der Waals surface area contributed by atoms with E-state index >= 15 is 0 Å². The van der Waals surface area contributed by atoms with Crippen LogP contribution in [0.3, 0.4) is 0 Å². The predicted octanol–water partition coefficient (Wildman–Crippen LogP) is 2.51. The van der Waals surface area contributed by atoms with Crippen LogP contribution in [0, 0.1) is 5.92 Å². The zero-order valence-corrected chi connectivity index (χ0v) is 11.8. The van der Waals surface area contributed by atoms with Gasteiger partial charge in [-0.2, -0.15) is 0 Å². The molecule has 1 aliphatic carbocycles. The van der Waals surface area contributed by atoms with Crippen LogP contribution in [-0.4, -0.2) is 29.7 Å². The molecule has 1 aliphatic rings. The first-order valence-electron chi connectivity index (χ1n) is 7.34. The van der Waals surface area contributed by atoms with E-state index in [4.69, 9.17) is 5.11 Å². The molecule has 1 rings (SSSR count). The summed E-state index contributed by atoms with van der Waals surface area (Å²) in [5, 5.41) is 14.1. The summed E-state index contributed by atoms with van der Waals surface area (Å²) in [7, 11) is 0. The molecule has 0 aromatic heterocycles. The van der Waals surface area contributed by atoms with Crippen LogP contribution in [0.2, 0.25) is 0 Å². The molecule has 1 fully saturated rings. The van der Waals surface area contributed by atoms with E-state index < -0.39 is 5.97 Å². The summed E-state index contributed by atoms with van der Waals surface area (Å²) in [5.41, 5.74) is 0. The summed E-state index contributed by atoms with van der Waals surface area (Å²) >= 11 is 0. The third-order valence-electron chi connectivity index (χ3n) is 3.64. The molecule has 0 unspecified atom stereocenters. The molecule has 19 heavy (non-hydrogen) atoms. The molecule has 0 radical (unpaired) electrons. The highest BCUT2D eigenvalue weighted by molar-refractivity contribution is 5.74. The normalized spacial score (nSPS) is 17.7. The van der Waals surface area contributed by atoms with Crippen LogP contribution in [-0.2, 0) is 4.79 Å². The number of carboxylic acid groups (broad SMARTS) is 1. The molecule has 110 valence electrons. The fraction of sp³-hybridized carbons (Fsp3) is 0.857. The summed E-state index contributed by atoms with van der Waals surface area (Å²) in [4.78, 5) is 21.9. The van der Waals surface area contributed by atoms with Crippen LogP contribution in [0.4, 0.5) is 4.79 Å². The summed E-state index contributed by atoms with van der Waals surface area (Å²) < 4.78 is 0. The number of urea groups is 1. The Kier molecular flexibility index (Phi) is 7.30. The van der Waals surface area contributed by atoms with Crippen molar-refractivity contribution in [3.05, 3.63) is 0 Å². The number of carbonyl (C=O) groups is 2. The molecular formula is C14H26N2O3. The Morgan fingerprint density at radius 2 is 1.95 bits per heavy atom. The number of hydrogen-bond donors (Lipinski definition) is 3. The lowest BCUT2D eigenvalue weighted by atomic mass is 9.85. The smallest absolute Gasteiger partial charge is 0.314 e. The van der Waals surface area contributed by atoms with Crippen LogP contribution >= 0.6 is 0 Å². The molecule has 1 saturated carbocycles. The third-order valence-corrected chi connectivity index (χ3v) is 3.64. The maximum Gasteiger partial charge on any atom is 0.314 e. The van der Waals surface area contributed by atoms with Gasteiger partial charge in [0, 0.05) is 19.0 Å². The van der Waals surface area contributed by atoms with Crippen LogP contribution in [0.25, 0.3) is 0 Å². The zero-order chi connectivity index (χ0) is 14.1. The Balaban J connectivity index is 2.07. The fourth-order valence-electron chi connectivity index (χ4n) is 2.70. The number of carbonyl (C=O) groups excluding carboxylic acids is 1. The van der Waals surface area contributed by atoms with Gasteiger partial charge in [-0.3, -0.25) is 4.79 Å². The lowest BCUT2D eigenvalue weighted by molar-refractivity contribution is -0.137. The molecule has 0 spiro atoms. The van der Waals surface area contributed by atoms with Gasteiger partial charge in [-0.15, -0.1) is 0 Å². The van der Waals surface area contributed by atoms with E-state index in [0.29, 0.717) is 13.0 Å². The van der Waals surface area contributed by atoms with E-state index in [1.165, 1.54) is 32.1 Å². The number of rotatable bonds is 7. The molecule has 0 aromatic rings. The highest BCUT2D eigenvalue weighted by atomic mass is 16.4. The van der Waals surface area contributed by atoms with Gasteiger partial charge >= 0.3 is 12.0 Å². The van der Waals surface area contributed by atoms with Crippen LogP contribution in [0.1, 0.15) is 58.3 Å². The first kappa shape index (κ1) is 15.8. The number of amides is 2. The summed E-state index contributed by atoms with van der Waals surface area (Å²) in [5.74, 6) is -0.0797. The summed E-state index contributed by atoms with van der Waals surface area (Å²) in [6.07, 6.45) is 8.17. The van der Waals surface area contributed by atoms with Crippen LogP contribution < -0.4 is 10.6 Å². The quantitative estimate of drug-likeness (QED) is 0.622. The third kappa shape index (κ3) is 7.70. The van der Waals surface area contributed by atoms with E-state index in [2.05, 4.69) is 10.6 Å². The van der Waals surface area contributed by atoms with E-state index in [0.717, 1.165) is 12.3 Å². The molecular weight excluding hydrogens is 244 g/mol. The van der Waals surface area contributed by atoms with Crippen LogP contribution in [0.5, 0.6) is 0 Å². The minimum absolute atomic E-state index is 0.0951. The van der Waals surface area contributed by atoms with Gasteiger partial charge < -0.3 is 15.7 Å². The molecule has 0 bridgehead atoms. The predicted molar refractivity (Wildman–Crippen MR) is 74.1 cm³/mol. The first-order valence-corrected chi connectivity index (χ1v) is 7.34. The fourth-order valence-corrected chi connectivity index (χ4v) is 2.70. The highest BCUT2D eigenvalue weighted by Crippen LogP contribution is 2.27. The molecule has 0 saturated heterocycles. The topological polar surface area (TPSA) is 78.4 Å². The average Bonchev–Trinajstić information content (AvgIpc) is 2.35. The van der Waals surface area contributed by atoms with Crippen molar-refractivity contribution < 1.29 is 14.7 Å². The molecule has 0 aromatic carbocycles. The average molecular weight is 270 g/mol. The molecule has 2 amide bonds. The van der Waals surface area contributed by atoms with Crippen molar-refractivity contribution in [3.8, 4) is 0 Å². The van der Waals surface area contributed by atoms with Gasteiger partial charge in [0.2, 0.25) is 0 Å². The van der Waals surface area contributed by atoms with Crippen molar-refractivity contribution in [1.82, 2.24) is 10.6 Å². The van der Waals surface area contributed by atoms with Crippen molar-refractivity contribution in [3.63, 3.8) is 0 Å². The van der Waals surface area contributed by atoms with Gasteiger partial charge in [-0.25, -0.2) is 4.79 Å². The lowest BCUT2D eigenvalue weighted by Gasteiger charge is -2.25. The van der Waals surface area contributed by atoms with Gasteiger partial charge in [0.1, 0.15) is 0 Å². The van der Waals surface area contributed by atoms with Gasteiger partial charge in [-0.05, 0) is 25.7 Å². The van der Waals surface area contributed by atoms with Crippen molar-refractivity contribution >= 4 is 12.0 Å². The Hall–Kier alpha value is -1.26. The molecule has 0 aliphatic heterocycles. The molecule has 1 atom stereocenters. The highest BCUT2D eigenvalue weighted by Gasteiger charge is 2.17. The lowest BCUT2D eigenvalue weighted by Crippen LogP contribution is -2.42. The second kappa shape index (κ2) is 8.77. The number of carboxylic acids is 1. The van der Waals surface area contributed by atoms with E-state index in [9.17, 15) is 9.59 Å². The molecule has 3 N–H and O–H groups in total. The second-order valence-electron chi connectivity index (χ2n) is 5.54. The Morgan fingerprint density at radius 1 is 1.26 bits per heavy atom. The Bertz CT molecular complexity index is 288. The molecule has 0 heterocycles. The maximum atomic E-state index is 11.6. The van der Waals surface area contributed by atoms with E-state index in [-0.39, 0.29) is 18.5 Å². The van der Waals surface area contributed by atoms with Gasteiger partial charge in [0.15, 0.2) is 0 Å². The monoisotopic (exact) mass is 270 g/mol. The van der Waals surface area contributed by atoms with E-state index in [1.54, 1.807) is 0 Å². The van der Waals surface area contributed by atoms with E-state index in [1.807, 2.05) is 6.92 Å². The second-order valence-corrected chi connectivity index (χ2v) is 5.54. The Morgan fingerprint density at radius 3 is 2.58 bits per heavy atom. The standard InChI is InChI=1S/C14H26N2O3/c1-11(10-12-6-3-2-4-7-12)16-14(19)15-9-5-8-13(17)18/h11-12H,2-10H2,1H3,(H,17,18)(H2,15,16,19)/t11-/m0/s1. The SMILES string of the molecule is C[C@@H](CC1CCCCC1)NC(=O)NCCCC(=O)O. The first-order chi connectivity index (χ1) is 9.08. The molecule has 5 heteroatoms. The van der Waals surface area contributed by atoms with Gasteiger partial charge in [0.05, 0.1) is 0 Å². The number of nitrogens with one attached hydrogen (secondary N) is 2. The van der Waals surface area contributed by atoms with Crippen molar-refractivity contribution in [2.75, 3.05) is 6.54 Å². The Labute approximate surface area is 115 Å². The number of aliphatic carboxylic acids is 1. The summed E-state index contributed by atoms with van der Waals surface area (Å²) in [6, 6.07) is -0.00345. The largest absolute Gasteiger partial charge is 0.481 e. The van der Waals surface area contributed by atoms with Gasteiger partial charge in [-0.1, -0.05) is 32.1 Å². The minimum atomic E-state index is -0.826. The summed E-state index contributed by atoms with van der Waals surface area (Å²) in [6.45, 7) is 2.44. The minimum Gasteiger partial charge on any atom is -0.481 e. The van der Waals surface area contributed by atoms with Crippen molar-refractivity contribution in [2.24, 2.45) is 5.92 Å². The van der Waals surface area contributed by atoms with Crippen molar-refractivity contribution in [1.29, 1.82) is 0 Å². The maximum absolute atomic E-state index is 11.6. The zero-order valence-electron chi connectivity index (χ0n) is 11.8. The van der Waals surface area contributed by atoms with Crippen molar-refractivity contribution in [2.45, 2.75) is 64.3 Å². The molecule has 5 nitrogen and oxygen atoms in total. The number of hydrogen-bond acceptors (Lipinski definition) is 2. The van der Waals surface area contributed by atoms with Gasteiger partial charge in [0.25, 0.3) is 0 Å².